The van der Waals surface area contributed by atoms with E-state index in [1.54, 1.807) is 36.5 Å². The molecule has 3 aromatic heterocycles. The van der Waals surface area contributed by atoms with Crippen molar-refractivity contribution in [3.8, 4) is 10.4 Å². The number of thiophene rings is 2. The molecule has 0 fully saturated rings. The zero-order valence-corrected chi connectivity index (χ0v) is 20.5. The Balaban J connectivity index is 1.46. The molecule has 4 aromatic rings. The number of hydrogen-bond acceptors (Lipinski definition) is 7. The Bertz CT molecular complexity index is 1560. The molecule has 0 radical (unpaired) electrons. The van der Waals surface area contributed by atoms with Crippen LogP contribution in [0.2, 0.25) is 0 Å². The quantitative estimate of drug-likeness (QED) is 0.373. The fourth-order valence-corrected chi connectivity index (χ4v) is 7.10. The number of ketones is 1. The molecule has 0 bridgehead atoms. The standard InChI is InChI=1S/C23H21N3O4S3/c1-3-33(29,30)26-9-8-15-10-16(5-6-18(15)26)19(27)11-25-13-24-22-21(23(25)28)17(12-31-22)20-7-4-14(2)32-20/h4-7,10,12-13H,3,8-9,11H2,1-2H3. The maximum Gasteiger partial charge on any atom is 0.263 e. The van der Waals surface area contributed by atoms with Gasteiger partial charge < -0.3 is 0 Å². The van der Waals surface area contributed by atoms with Crippen LogP contribution in [0.25, 0.3) is 20.7 Å². The van der Waals surface area contributed by atoms with E-state index in [1.807, 2.05) is 24.4 Å². The minimum absolute atomic E-state index is 0.0289. The molecule has 0 saturated carbocycles. The predicted octanol–water partition coefficient (Wildman–Crippen LogP) is 4.09. The van der Waals surface area contributed by atoms with Gasteiger partial charge >= 0.3 is 0 Å². The summed E-state index contributed by atoms with van der Waals surface area (Å²) in [6, 6.07) is 9.07. The number of aryl methyl sites for hydroxylation is 1. The molecule has 4 heterocycles. The van der Waals surface area contributed by atoms with Crippen LogP contribution < -0.4 is 9.86 Å². The number of fused-ring (bicyclic) bond motifs is 2. The minimum atomic E-state index is -3.34. The van der Waals surface area contributed by atoms with Gasteiger partial charge in [-0.25, -0.2) is 13.4 Å². The number of sulfonamides is 1. The van der Waals surface area contributed by atoms with E-state index in [4.69, 9.17) is 0 Å². The van der Waals surface area contributed by atoms with Gasteiger partial charge in [-0.05, 0) is 56.2 Å². The second kappa shape index (κ2) is 8.19. The lowest BCUT2D eigenvalue weighted by molar-refractivity contribution is 0.0970. The average Bonchev–Trinajstić information content (AvgIpc) is 3.53. The Hall–Kier alpha value is -2.82. The lowest BCUT2D eigenvalue weighted by atomic mass is 10.1. The molecule has 7 nitrogen and oxygen atoms in total. The Morgan fingerprint density at radius 3 is 2.76 bits per heavy atom. The highest BCUT2D eigenvalue weighted by Gasteiger charge is 2.28. The Labute approximate surface area is 199 Å². The van der Waals surface area contributed by atoms with Gasteiger partial charge in [-0.3, -0.25) is 18.5 Å². The first-order chi connectivity index (χ1) is 15.8. The molecule has 5 rings (SSSR count). The van der Waals surface area contributed by atoms with E-state index >= 15 is 0 Å². The highest BCUT2D eigenvalue weighted by molar-refractivity contribution is 7.92. The summed E-state index contributed by atoms with van der Waals surface area (Å²) in [4.78, 5) is 33.5. The van der Waals surface area contributed by atoms with Gasteiger partial charge in [-0.2, -0.15) is 0 Å². The molecule has 170 valence electrons. The first-order valence-electron chi connectivity index (χ1n) is 10.5. The van der Waals surface area contributed by atoms with E-state index in [0.29, 0.717) is 34.4 Å². The summed E-state index contributed by atoms with van der Waals surface area (Å²) >= 11 is 3.03. The molecule has 0 amide bonds. The van der Waals surface area contributed by atoms with E-state index in [9.17, 15) is 18.0 Å². The molecule has 0 unspecified atom stereocenters. The molecular formula is C23H21N3O4S3. The van der Waals surface area contributed by atoms with Gasteiger partial charge in [0.1, 0.15) is 4.83 Å². The third-order valence-corrected chi connectivity index (χ3v) is 9.54. The van der Waals surface area contributed by atoms with Crippen molar-refractivity contribution in [1.29, 1.82) is 0 Å². The summed E-state index contributed by atoms with van der Waals surface area (Å²) in [6.07, 6.45) is 1.98. The van der Waals surface area contributed by atoms with Gasteiger partial charge in [0.2, 0.25) is 10.0 Å². The molecule has 0 spiro atoms. The second-order valence-electron chi connectivity index (χ2n) is 7.91. The largest absolute Gasteiger partial charge is 0.292 e. The molecule has 0 saturated heterocycles. The Kier molecular flexibility index (Phi) is 5.46. The third-order valence-electron chi connectivity index (χ3n) is 5.84. The highest BCUT2D eigenvalue weighted by atomic mass is 32.2. The SMILES string of the molecule is CCS(=O)(=O)N1CCc2cc(C(=O)Cn3cnc4scc(-c5ccc(C)s5)c4c3=O)ccc21. The number of rotatable bonds is 6. The van der Waals surface area contributed by atoms with Crippen LogP contribution in [-0.4, -0.2) is 36.0 Å². The van der Waals surface area contributed by atoms with Crippen molar-refractivity contribution >= 4 is 54.4 Å². The lowest BCUT2D eigenvalue weighted by Gasteiger charge is -2.18. The average molecular weight is 500 g/mol. The normalized spacial score (nSPS) is 13.6. The van der Waals surface area contributed by atoms with Gasteiger partial charge in [0, 0.05) is 32.8 Å². The van der Waals surface area contributed by atoms with Gasteiger partial charge in [0.25, 0.3) is 5.56 Å². The van der Waals surface area contributed by atoms with Crippen molar-refractivity contribution in [1.82, 2.24) is 9.55 Å². The van der Waals surface area contributed by atoms with E-state index in [0.717, 1.165) is 20.9 Å². The van der Waals surface area contributed by atoms with E-state index in [1.165, 1.54) is 26.5 Å². The van der Waals surface area contributed by atoms with Crippen LogP contribution >= 0.6 is 22.7 Å². The van der Waals surface area contributed by atoms with Crippen LogP contribution in [0.15, 0.2) is 46.8 Å². The van der Waals surface area contributed by atoms with Gasteiger partial charge in [-0.15, -0.1) is 22.7 Å². The fraction of sp³-hybridized carbons (Fsp3) is 0.261. The number of anilines is 1. The van der Waals surface area contributed by atoms with E-state index in [-0.39, 0.29) is 23.6 Å². The summed E-state index contributed by atoms with van der Waals surface area (Å²) < 4.78 is 27.3. The molecule has 1 aliphatic rings. The summed E-state index contributed by atoms with van der Waals surface area (Å²) in [5, 5.41) is 2.47. The van der Waals surface area contributed by atoms with Crippen LogP contribution in [-0.2, 0) is 23.0 Å². The van der Waals surface area contributed by atoms with E-state index in [2.05, 4.69) is 4.98 Å². The Morgan fingerprint density at radius 1 is 1.21 bits per heavy atom. The number of hydrogen-bond donors (Lipinski definition) is 0. The summed E-state index contributed by atoms with van der Waals surface area (Å²) in [5.74, 6) is -0.192. The third kappa shape index (κ3) is 3.81. The molecule has 10 heteroatoms. The molecule has 0 atom stereocenters. The maximum absolute atomic E-state index is 13.2. The number of carbonyl (C=O) groups excluding carboxylic acids is 1. The Morgan fingerprint density at radius 2 is 2.03 bits per heavy atom. The molecule has 0 N–H and O–H groups in total. The molecule has 1 aromatic carbocycles. The second-order valence-corrected chi connectivity index (χ2v) is 12.2. The maximum atomic E-state index is 13.2. The number of Topliss-reactive ketones (excluding diaryl/α,β-unsaturated/α-hetero) is 1. The minimum Gasteiger partial charge on any atom is -0.292 e. The number of benzene rings is 1. The van der Waals surface area contributed by atoms with Gasteiger partial charge in [0.15, 0.2) is 5.78 Å². The van der Waals surface area contributed by atoms with Crippen LogP contribution in [0.3, 0.4) is 0 Å². The van der Waals surface area contributed by atoms with Crippen molar-refractivity contribution in [2.45, 2.75) is 26.8 Å². The first kappa shape index (κ1) is 22.0. The summed E-state index contributed by atoms with van der Waals surface area (Å²) in [5.41, 5.74) is 2.52. The smallest absolute Gasteiger partial charge is 0.263 e. The molecular weight excluding hydrogens is 478 g/mol. The summed E-state index contributed by atoms with van der Waals surface area (Å²) in [6.45, 7) is 3.89. The van der Waals surface area contributed by atoms with Crippen LogP contribution in [0.1, 0.15) is 27.7 Å². The number of aromatic nitrogens is 2. The van der Waals surface area contributed by atoms with Crippen molar-refractivity contribution in [3.05, 3.63) is 68.4 Å². The van der Waals surface area contributed by atoms with Crippen LogP contribution in [0.5, 0.6) is 0 Å². The molecule has 0 aliphatic carbocycles. The van der Waals surface area contributed by atoms with Gasteiger partial charge in [-0.1, -0.05) is 0 Å². The van der Waals surface area contributed by atoms with Crippen LogP contribution in [0, 0.1) is 6.92 Å². The molecule has 33 heavy (non-hydrogen) atoms. The van der Waals surface area contributed by atoms with Crippen LogP contribution in [0.4, 0.5) is 5.69 Å². The van der Waals surface area contributed by atoms with Gasteiger partial charge in [0.05, 0.1) is 29.7 Å². The zero-order valence-electron chi connectivity index (χ0n) is 18.1. The van der Waals surface area contributed by atoms with Crippen molar-refractivity contribution in [2.24, 2.45) is 0 Å². The fourth-order valence-electron chi connectivity index (χ4n) is 4.08. The summed E-state index contributed by atoms with van der Waals surface area (Å²) in [7, 11) is -3.34. The highest BCUT2D eigenvalue weighted by Crippen LogP contribution is 2.35. The predicted molar refractivity (Wildman–Crippen MR) is 133 cm³/mol. The van der Waals surface area contributed by atoms with Crippen molar-refractivity contribution < 1.29 is 13.2 Å². The number of carbonyl (C=O) groups is 1. The van der Waals surface area contributed by atoms with Crippen molar-refractivity contribution in [3.63, 3.8) is 0 Å². The lowest BCUT2D eigenvalue weighted by Crippen LogP contribution is -2.30. The number of nitrogens with zero attached hydrogens (tertiary/aromatic N) is 3. The topological polar surface area (TPSA) is 89.3 Å². The monoisotopic (exact) mass is 499 g/mol. The molecule has 1 aliphatic heterocycles. The zero-order chi connectivity index (χ0) is 23.3. The first-order valence-corrected chi connectivity index (χ1v) is 13.8. The van der Waals surface area contributed by atoms with Crippen molar-refractivity contribution in [2.75, 3.05) is 16.6 Å². The van der Waals surface area contributed by atoms with E-state index < -0.39 is 10.0 Å².